The highest BCUT2D eigenvalue weighted by molar-refractivity contribution is 5.86. The largest absolute Gasteiger partial charge is 0.481 e. The van der Waals surface area contributed by atoms with Gasteiger partial charge in [0.25, 0.3) is 0 Å². The zero-order valence-electron chi connectivity index (χ0n) is 23.5. The number of ether oxygens (including phenoxy) is 3. The van der Waals surface area contributed by atoms with Gasteiger partial charge in [-0.05, 0) is 41.2 Å². The zero-order valence-corrected chi connectivity index (χ0v) is 23.5. The van der Waals surface area contributed by atoms with E-state index in [1.165, 1.54) is 0 Å². The number of carbonyl (C=O) groups excluding carboxylic acids is 2. The summed E-state index contributed by atoms with van der Waals surface area (Å²) >= 11 is 0. The molecule has 1 fully saturated rings. The van der Waals surface area contributed by atoms with Gasteiger partial charge in [0.1, 0.15) is 12.6 Å². The number of alkyl carbamates (subject to hydrolysis) is 1. The number of carboxylic acids is 1. The van der Waals surface area contributed by atoms with E-state index in [0.29, 0.717) is 13.0 Å². The van der Waals surface area contributed by atoms with Gasteiger partial charge in [-0.1, -0.05) is 78.9 Å². The van der Waals surface area contributed by atoms with Crippen LogP contribution in [0.1, 0.15) is 42.4 Å². The fourth-order valence-corrected chi connectivity index (χ4v) is 5.75. The number of aliphatic carboxylic acids is 1. The Hall–Kier alpha value is -4.21. The van der Waals surface area contributed by atoms with Gasteiger partial charge < -0.3 is 30.0 Å². The fourth-order valence-electron chi connectivity index (χ4n) is 5.75. The van der Waals surface area contributed by atoms with Crippen molar-refractivity contribution >= 4 is 18.0 Å². The lowest BCUT2D eigenvalue weighted by atomic mass is 9.92. The third-order valence-electron chi connectivity index (χ3n) is 7.96. The summed E-state index contributed by atoms with van der Waals surface area (Å²) in [5, 5.41) is 15.0. The summed E-state index contributed by atoms with van der Waals surface area (Å²) < 4.78 is 17.2. The summed E-state index contributed by atoms with van der Waals surface area (Å²) in [4.78, 5) is 38.1. The highest BCUT2D eigenvalue weighted by Gasteiger charge is 2.35. The molecular formula is C33H36N2O7. The number of benzene rings is 3. The molecular weight excluding hydrogens is 536 g/mol. The molecule has 1 saturated heterocycles. The molecule has 9 heteroatoms. The van der Waals surface area contributed by atoms with Crippen LogP contribution in [-0.2, 0) is 30.4 Å². The first-order chi connectivity index (χ1) is 20.4. The highest BCUT2D eigenvalue weighted by atomic mass is 16.5. The second-order valence-electron chi connectivity index (χ2n) is 10.8. The summed E-state index contributed by atoms with van der Waals surface area (Å²) in [6, 6.07) is 24.2. The number of nitrogens with one attached hydrogen (secondary N) is 2. The Morgan fingerprint density at radius 3 is 2.26 bits per heavy atom. The molecule has 1 heterocycles. The van der Waals surface area contributed by atoms with E-state index in [1.807, 2.05) is 66.7 Å². The second-order valence-corrected chi connectivity index (χ2v) is 10.8. The molecule has 2 aliphatic rings. The van der Waals surface area contributed by atoms with Gasteiger partial charge >= 0.3 is 12.1 Å². The third-order valence-corrected chi connectivity index (χ3v) is 7.96. The molecule has 0 saturated carbocycles. The summed E-state index contributed by atoms with van der Waals surface area (Å²) in [5.41, 5.74) is 5.34. The van der Waals surface area contributed by atoms with E-state index in [-0.39, 0.29) is 38.1 Å². The van der Waals surface area contributed by atoms with E-state index in [0.717, 1.165) is 27.8 Å². The minimum Gasteiger partial charge on any atom is -0.481 e. The lowest BCUT2D eigenvalue weighted by molar-refractivity contribution is -0.140. The number of hydrogen-bond donors (Lipinski definition) is 3. The average Bonchev–Trinajstić information content (AvgIpc) is 3.32. The van der Waals surface area contributed by atoms with Crippen molar-refractivity contribution in [3.63, 3.8) is 0 Å². The maximum absolute atomic E-state index is 13.6. The zero-order chi connectivity index (χ0) is 29.5. The first kappa shape index (κ1) is 29.3. The maximum atomic E-state index is 13.6. The molecule has 1 aliphatic carbocycles. The van der Waals surface area contributed by atoms with Gasteiger partial charge in [0.2, 0.25) is 5.91 Å². The molecule has 1 aliphatic heterocycles. The van der Waals surface area contributed by atoms with Gasteiger partial charge in [-0.2, -0.15) is 0 Å². The quantitative estimate of drug-likeness (QED) is 0.309. The van der Waals surface area contributed by atoms with Crippen LogP contribution in [0.3, 0.4) is 0 Å². The van der Waals surface area contributed by atoms with E-state index in [1.54, 1.807) is 6.92 Å². The lowest BCUT2D eigenvalue weighted by Gasteiger charge is -2.33. The van der Waals surface area contributed by atoms with Crippen LogP contribution in [-0.4, -0.2) is 61.1 Å². The predicted octanol–water partition coefficient (Wildman–Crippen LogP) is 4.50. The molecule has 5 rings (SSSR count). The Morgan fingerprint density at radius 2 is 1.60 bits per heavy atom. The number of hydrogen-bond acceptors (Lipinski definition) is 6. The lowest BCUT2D eigenvalue weighted by Crippen LogP contribution is -2.57. The minimum atomic E-state index is -1.07. The van der Waals surface area contributed by atoms with Gasteiger partial charge in [0, 0.05) is 24.5 Å². The second kappa shape index (κ2) is 13.6. The molecule has 220 valence electrons. The predicted molar refractivity (Wildman–Crippen MR) is 156 cm³/mol. The number of carbonyl (C=O) groups is 3. The molecule has 0 aromatic heterocycles. The molecule has 9 nitrogen and oxygen atoms in total. The Bertz CT molecular complexity index is 1350. The smallest absolute Gasteiger partial charge is 0.407 e. The Morgan fingerprint density at radius 1 is 0.952 bits per heavy atom. The van der Waals surface area contributed by atoms with Crippen molar-refractivity contribution in [3.05, 3.63) is 95.6 Å². The average molecular weight is 573 g/mol. The third kappa shape index (κ3) is 6.98. The minimum absolute atomic E-state index is 0.105. The van der Waals surface area contributed by atoms with Crippen molar-refractivity contribution in [1.29, 1.82) is 0 Å². The van der Waals surface area contributed by atoms with Crippen LogP contribution in [0.25, 0.3) is 11.1 Å². The van der Waals surface area contributed by atoms with Crippen molar-refractivity contribution in [1.82, 2.24) is 10.6 Å². The number of rotatable bonds is 11. The van der Waals surface area contributed by atoms with Gasteiger partial charge in [0.15, 0.2) is 0 Å². The Labute approximate surface area is 245 Å². The summed E-state index contributed by atoms with van der Waals surface area (Å²) in [7, 11) is 0. The SMILES string of the molecule is CC(OCc1ccccc1)C(NC(=O)OCC1c2ccccc2-c2ccccc21)C(=O)NC1CCOCC1CC(=O)O. The van der Waals surface area contributed by atoms with Crippen LogP contribution in [0.4, 0.5) is 4.79 Å². The van der Waals surface area contributed by atoms with Crippen LogP contribution >= 0.6 is 0 Å². The van der Waals surface area contributed by atoms with E-state index in [2.05, 4.69) is 22.8 Å². The number of fused-ring (bicyclic) bond motifs is 3. The molecule has 3 N–H and O–H groups in total. The molecule has 42 heavy (non-hydrogen) atoms. The molecule has 0 bridgehead atoms. The summed E-state index contributed by atoms with van der Waals surface area (Å²) in [6.07, 6.45) is -1.10. The molecule has 4 atom stereocenters. The van der Waals surface area contributed by atoms with E-state index >= 15 is 0 Å². The Kier molecular flexibility index (Phi) is 9.51. The van der Waals surface area contributed by atoms with E-state index < -0.39 is 36.2 Å². The van der Waals surface area contributed by atoms with E-state index in [4.69, 9.17) is 14.2 Å². The summed E-state index contributed by atoms with van der Waals surface area (Å²) in [5.74, 6) is -1.93. The highest BCUT2D eigenvalue weighted by Crippen LogP contribution is 2.44. The fraction of sp³-hybridized carbons (Fsp3) is 0.364. The van der Waals surface area contributed by atoms with Gasteiger partial charge in [-0.3, -0.25) is 9.59 Å². The van der Waals surface area contributed by atoms with Gasteiger partial charge in [-0.15, -0.1) is 0 Å². The topological polar surface area (TPSA) is 123 Å². The maximum Gasteiger partial charge on any atom is 0.407 e. The van der Waals surface area contributed by atoms with Crippen LogP contribution < -0.4 is 10.6 Å². The molecule has 3 aromatic carbocycles. The van der Waals surface area contributed by atoms with Crippen LogP contribution in [0, 0.1) is 5.92 Å². The molecule has 3 aromatic rings. The van der Waals surface area contributed by atoms with Crippen molar-refractivity contribution in [3.8, 4) is 11.1 Å². The molecule has 2 amide bonds. The first-order valence-corrected chi connectivity index (χ1v) is 14.3. The number of amides is 2. The molecule has 4 unspecified atom stereocenters. The monoisotopic (exact) mass is 572 g/mol. The van der Waals surface area contributed by atoms with Crippen molar-refractivity contribution in [2.24, 2.45) is 5.92 Å². The van der Waals surface area contributed by atoms with Gasteiger partial charge in [0.05, 0.1) is 25.7 Å². The van der Waals surface area contributed by atoms with Crippen molar-refractivity contribution in [2.75, 3.05) is 19.8 Å². The standard InChI is InChI=1S/C33H36N2O7/c1-21(41-18-22-9-3-2-4-10-22)31(32(38)34-29-15-16-40-19-23(29)17-30(36)37)35-33(39)42-20-28-26-13-7-5-11-24(26)25-12-6-8-14-27(25)28/h2-14,21,23,28-29,31H,15-20H2,1H3,(H,34,38)(H,35,39)(H,36,37). The van der Waals surface area contributed by atoms with Crippen molar-refractivity contribution < 1.29 is 33.7 Å². The van der Waals surface area contributed by atoms with Crippen LogP contribution in [0.15, 0.2) is 78.9 Å². The molecule has 0 spiro atoms. The molecule has 0 radical (unpaired) electrons. The van der Waals surface area contributed by atoms with Crippen LogP contribution in [0.2, 0.25) is 0 Å². The van der Waals surface area contributed by atoms with Crippen LogP contribution in [0.5, 0.6) is 0 Å². The Balaban J connectivity index is 1.27. The number of carboxylic acid groups (broad SMARTS) is 1. The van der Waals surface area contributed by atoms with Crippen molar-refractivity contribution in [2.45, 2.75) is 50.5 Å². The summed E-state index contributed by atoms with van der Waals surface area (Å²) in [6.45, 7) is 2.72. The first-order valence-electron chi connectivity index (χ1n) is 14.3. The normalized spacial score (nSPS) is 19.2. The van der Waals surface area contributed by atoms with Gasteiger partial charge in [-0.25, -0.2) is 4.79 Å². The van der Waals surface area contributed by atoms with E-state index in [9.17, 15) is 19.5 Å².